The Bertz CT molecular complexity index is 628. The van der Waals surface area contributed by atoms with Crippen molar-refractivity contribution in [3.63, 3.8) is 0 Å². The lowest BCUT2D eigenvalue weighted by Gasteiger charge is -1.94. The Kier molecular flexibility index (Phi) is 2.42. The number of anilines is 1. The highest BCUT2D eigenvalue weighted by molar-refractivity contribution is 7.18. The molecule has 0 radical (unpaired) electrons. The molecule has 3 rings (SSSR count). The van der Waals surface area contributed by atoms with Crippen molar-refractivity contribution >= 4 is 17.4 Å². The van der Waals surface area contributed by atoms with E-state index in [1.807, 2.05) is 24.3 Å². The quantitative estimate of drug-likeness (QED) is 0.746. The summed E-state index contributed by atoms with van der Waals surface area (Å²) in [6, 6.07) is 14.5. The molecule has 0 amide bonds. The fourth-order valence-corrected chi connectivity index (χ4v) is 2.59. The number of nitrogens with two attached hydrogens (primary N) is 1. The lowest BCUT2D eigenvalue weighted by Crippen LogP contribution is -1.79. The summed E-state index contributed by atoms with van der Waals surface area (Å²) in [6.45, 7) is 0. The minimum Gasteiger partial charge on any atom is -0.423 e. The van der Waals surface area contributed by atoms with Crippen molar-refractivity contribution in [2.24, 2.45) is 0 Å². The third-order valence-electron chi connectivity index (χ3n) is 2.43. The van der Waals surface area contributed by atoms with Gasteiger partial charge in [0.1, 0.15) is 0 Å². The van der Waals surface area contributed by atoms with Gasteiger partial charge in [0.2, 0.25) is 0 Å². The van der Waals surface area contributed by atoms with E-state index in [2.05, 4.69) is 23.2 Å². The molecule has 0 unspecified atom stereocenters. The summed E-state index contributed by atoms with van der Waals surface area (Å²) in [5.41, 5.74) is 6.67. The zero-order chi connectivity index (χ0) is 11.7. The summed E-state index contributed by atoms with van der Waals surface area (Å²) in [5.74, 6) is 0.717. The molecule has 0 spiro atoms. The van der Waals surface area contributed by atoms with Gasteiger partial charge in [0.05, 0.1) is 11.1 Å². The van der Waals surface area contributed by atoms with E-state index < -0.39 is 0 Å². The predicted molar refractivity (Wildman–Crippen MR) is 69.7 cm³/mol. The van der Waals surface area contributed by atoms with E-state index in [-0.39, 0.29) is 6.01 Å². The number of nitrogens with zero attached hydrogens (tertiary/aromatic N) is 1. The van der Waals surface area contributed by atoms with Crippen LogP contribution in [0, 0.1) is 0 Å². The van der Waals surface area contributed by atoms with Gasteiger partial charge in [0.25, 0.3) is 6.01 Å². The first-order chi connectivity index (χ1) is 8.33. The number of thiophene rings is 1. The summed E-state index contributed by atoms with van der Waals surface area (Å²) in [7, 11) is 0. The first kappa shape index (κ1) is 10.1. The molecule has 17 heavy (non-hydrogen) atoms. The molecule has 4 heteroatoms. The number of hydrogen-bond donors (Lipinski definition) is 1. The Labute approximate surface area is 103 Å². The highest BCUT2D eigenvalue weighted by Crippen LogP contribution is 2.34. The summed E-state index contributed by atoms with van der Waals surface area (Å²) in [6.07, 6.45) is 1.65. The Morgan fingerprint density at radius 1 is 1.00 bits per heavy atom. The molecule has 2 N–H and O–H groups in total. The summed E-state index contributed by atoms with van der Waals surface area (Å²) < 4.78 is 5.30. The second-order valence-corrected chi connectivity index (χ2v) is 4.68. The lowest BCUT2D eigenvalue weighted by atomic mass is 10.2. The molecule has 0 saturated carbocycles. The molecule has 3 aromatic rings. The number of nitrogen functional groups attached to an aromatic ring is 1. The van der Waals surface area contributed by atoms with Crippen LogP contribution in [0.2, 0.25) is 0 Å². The molecular weight excluding hydrogens is 232 g/mol. The van der Waals surface area contributed by atoms with E-state index in [1.54, 1.807) is 17.5 Å². The van der Waals surface area contributed by atoms with Crippen LogP contribution >= 0.6 is 11.3 Å². The van der Waals surface area contributed by atoms with Crippen molar-refractivity contribution in [2.75, 3.05) is 5.73 Å². The Hall–Kier alpha value is -2.07. The highest BCUT2D eigenvalue weighted by atomic mass is 32.1. The monoisotopic (exact) mass is 242 g/mol. The number of hydrogen-bond acceptors (Lipinski definition) is 4. The molecule has 0 aliphatic carbocycles. The third-order valence-corrected chi connectivity index (χ3v) is 3.58. The van der Waals surface area contributed by atoms with Crippen molar-refractivity contribution < 1.29 is 4.42 Å². The standard InChI is InChI=1S/C13H10N2OS/c14-13-15-8-10(16-13)12-7-6-11(17-12)9-4-2-1-3-5-9/h1-8H,(H2,14,15). The Balaban J connectivity index is 1.99. The van der Waals surface area contributed by atoms with Crippen LogP contribution in [0.25, 0.3) is 21.1 Å². The average Bonchev–Trinajstić information content (AvgIpc) is 2.98. The van der Waals surface area contributed by atoms with E-state index in [0.717, 1.165) is 10.6 Å². The van der Waals surface area contributed by atoms with Gasteiger partial charge in [-0.1, -0.05) is 30.3 Å². The third kappa shape index (κ3) is 1.94. The fraction of sp³-hybridized carbons (Fsp3) is 0. The maximum atomic E-state index is 5.46. The van der Waals surface area contributed by atoms with Crippen molar-refractivity contribution in [1.82, 2.24) is 4.98 Å². The van der Waals surface area contributed by atoms with E-state index in [0.29, 0.717) is 0 Å². The van der Waals surface area contributed by atoms with E-state index in [1.165, 1.54) is 10.4 Å². The van der Waals surface area contributed by atoms with Crippen molar-refractivity contribution in [3.8, 4) is 21.1 Å². The average molecular weight is 242 g/mol. The number of benzene rings is 1. The number of aromatic nitrogens is 1. The van der Waals surface area contributed by atoms with E-state index in [4.69, 9.17) is 10.2 Å². The maximum absolute atomic E-state index is 5.46. The normalized spacial score (nSPS) is 10.6. The van der Waals surface area contributed by atoms with Gasteiger partial charge in [-0.2, -0.15) is 0 Å². The molecule has 2 aromatic heterocycles. The molecule has 0 fully saturated rings. The van der Waals surface area contributed by atoms with E-state index in [9.17, 15) is 0 Å². The first-order valence-electron chi connectivity index (χ1n) is 5.20. The van der Waals surface area contributed by atoms with Gasteiger partial charge in [-0.25, -0.2) is 4.98 Å². The van der Waals surface area contributed by atoms with Crippen LogP contribution in [0.3, 0.4) is 0 Å². The molecule has 1 aromatic carbocycles. The lowest BCUT2D eigenvalue weighted by molar-refractivity contribution is 0.596. The zero-order valence-electron chi connectivity index (χ0n) is 8.96. The predicted octanol–water partition coefficient (Wildman–Crippen LogP) is 3.65. The Morgan fingerprint density at radius 3 is 2.47 bits per heavy atom. The molecule has 2 heterocycles. The minimum absolute atomic E-state index is 0.203. The van der Waals surface area contributed by atoms with Gasteiger partial charge in [0, 0.05) is 4.88 Å². The fourth-order valence-electron chi connectivity index (χ4n) is 1.63. The SMILES string of the molecule is Nc1ncc(-c2ccc(-c3ccccc3)s2)o1. The number of oxazole rings is 1. The smallest absolute Gasteiger partial charge is 0.292 e. The molecule has 0 aliphatic rings. The molecule has 84 valence electrons. The van der Waals surface area contributed by atoms with Crippen LogP contribution in [0.15, 0.2) is 53.1 Å². The second-order valence-electron chi connectivity index (χ2n) is 3.59. The highest BCUT2D eigenvalue weighted by Gasteiger charge is 2.08. The zero-order valence-corrected chi connectivity index (χ0v) is 9.78. The molecule has 0 atom stereocenters. The molecule has 0 aliphatic heterocycles. The van der Waals surface area contributed by atoms with Crippen LogP contribution in [0.4, 0.5) is 6.01 Å². The van der Waals surface area contributed by atoms with Crippen molar-refractivity contribution in [1.29, 1.82) is 0 Å². The summed E-state index contributed by atoms with van der Waals surface area (Å²) in [5, 5.41) is 0. The van der Waals surface area contributed by atoms with E-state index >= 15 is 0 Å². The van der Waals surface area contributed by atoms with Gasteiger partial charge >= 0.3 is 0 Å². The van der Waals surface area contributed by atoms with Crippen molar-refractivity contribution in [2.45, 2.75) is 0 Å². The van der Waals surface area contributed by atoms with Gasteiger partial charge in [-0.15, -0.1) is 11.3 Å². The minimum atomic E-state index is 0.203. The van der Waals surface area contributed by atoms with Gasteiger partial charge < -0.3 is 10.2 Å². The van der Waals surface area contributed by atoms with Gasteiger partial charge in [-0.3, -0.25) is 0 Å². The Morgan fingerprint density at radius 2 is 1.76 bits per heavy atom. The molecular formula is C13H10N2OS. The summed E-state index contributed by atoms with van der Waals surface area (Å²) >= 11 is 1.66. The largest absolute Gasteiger partial charge is 0.423 e. The van der Waals surface area contributed by atoms with Crippen LogP contribution < -0.4 is 5.73 Å². The van der Waals surface area contributed by atoms with Crippen LogP contribution in [-0.2, 0) is 0 Å². The van der Waals surface area contributed by atoms with Gasteiger partial charge in [-0.05, 0) is 17.7 Å². The number of rotatable bonds is 2. The molecule has 3 nitrogen and oxygen atoms in total. The van der Waals surface area contributed by atoms with Crippen LogP contribution in [0.5, 0.6) is 0 Å². The topological polar surface area (TPSA) is 52.0 Å². The van der Waals surface area contributed by atoms with Crippen LogP contribution in [0.1, 0.15) is 0 Å². The molecule has 0 saturated heterocycles. The maximum Gasteiger partial charge on any atom is 0.292 e. The van der Waals surface area contributed by atoms with Gasteiger partial charge in [0.15, 0.2) is 5.76 Å². The summed E-state index contributed by atoms with van der Waals surface area (Å²) in [4.78, 5) is 6.13. The van der Waals surface area contributed by atoms with Crippen LogP contribution in [-0.4, -0.2) is 4.98 Å². The second kappa shape index (κ2) is 4.07. The molecule has 0 bridgehead atoms. The van der Waals surface area contributed by atoms with Crippen molar-refractivity contribution in [3.05, 3.63) is 48.7 Å². The first-order valence-corrected chi connectivity index (χ1v) is 6.01.